The summed E-state index contributed by atoms with van der Waals surface area (Å²) in [5.74, 6) is 0.189. The number of nitrogens with zero attached hydrogens (tertiary/aromatic N) is 4. The van der Waals surface area contributed by atoms with Crippen molar-refractivity contribution in [1.29, 1.82) is 0 Å². The number of carbonyl (C=O) groups is 2. The molecule has 9 nitrogen and oxygen atoms in total. The van der Waals surface area contributed by atoms with Crippen LogP contribution in [0.15, 0.2) is 43.0 Å². The summed E-state index contributed by atoms with van der Waals surface area (Å²) in [6.45, 7) is 0. The van der Waals surface area contributed by atoms with E-state index in [2.05, 4.69) is 20.7 Å². The van der Waals surface area contributed by atoms with Crippen molar-refractivity contribution in [2.24, 2.45) is 20.0 Å². The van der Waals surface area contributed by atoms with Crippen molar-refractivity contribution < 1.29 is 14.3 Å². The molecule has 4 rings (SSSR count). The Balaban J connectivity index is 1.55. The maximum Gasteiger partial charge on any atom is 0.270 e. The number of amides is 2. The number of aromatic nitrogens is 4. The van der Waals surface area contributed by atoms with Crippen molar-refractivity contribution in [3.8, 4) is 17.0 Å². The Bertz CT molecular complexity index is 1130. The minimum atomic E-state index is -0.629. The molecule has 1 saturated carbocycles. The van der Waals surface area contributed by atoms with Crippen LogP contribution in [-0.4, -0.2) is 44.3 Å². The third-order valence-electron chi connectivity index (χ3n) is 6.31. The van der Waals surface area contributed by atoms with E-state index in [0.717, 1.165) is 43.4 Å². The molecule has 0 bridgehead atoms. The number of methoxy groups -OCH3 is 1. The van der Waals surface area contributed by atoms with E-state index in [1.165, 1.54) is 4.68 Å². The number of nitrogens with one attached hydrogen (secondary N) is 2. The van der Waals surface area contributed by atoms with E-state index in [1.54, 1.807) is 45.0 Å². The average molecular weight is 451 g/mol. The van der Waals surface area contributed by atoms with Crippen LogP contribution in [0.1, 0.15) is 42.6 Å². The second-order valence-corrected chi connectivity index (χ2v) is 8.48. The third-order valence-corrected chi connectivity index (χ3v) is 6.31. The summed E-state index contributed by atoms with van der Waals surface area (Å²) >= 11 is 0. The molecule has 2 amide bonds. The highest BCUT2D eigenvalue weighted by molar-refractivity contribution is 6.01. The fourth-order valence-corrected chi connectivity index (χ4v) is 4.49. The molecule has 0 radical (unpaired) electrons. The van der Waals surface area contributed by atoms with Crippen LogP contribution in [0.5, 0.6) is 5.75 Å². The maximum absolute atomic E-state index is 13.4. The van der Waals surface area contributed by atoms with E-state index in [1.807, 2.05) is 23.7 Å². The Labute approximate surface area is 193 Å². The van der Waals surface area contributed by atoms with Crippen molar-refractivity contribution in [3.05, 3.63) is 48.7 Å². The third kappa shape index (κ3) is 4.92. The summed E-state index contributed by atoms with van der Waals surface area (Å²) in [6.07, 6.45) is 10.2. The molecule has 174 valence electrons. The van der Waals surface area contributed by atoms with Gasteiger partial charge in [0, 0.05) is 37.6 Å². The second kappa shape index (κ2) is 9.89. The number of benzene rings is 1. The zero-order valence-corrected chi connectivity index (χ0v) is 19.2. The first-order valence-electron chi connectivity index (χ1n) is 11.2. The largest absolute Gasteiger partial charge is 0.496 e. The predicted octanol–water partition coefficient (Wildman–Crippen LogP) is 3.15. The Morgan fingerprint density at radius 2 is 1.94 bits per heavy atom. The smallest absolute Gasteiger partial charge is 0.270 e. The van der Waals surface area contributed by atoms with Crippen molar-refractivity contribution in [3.63, 3.8) is 0 Å². The molecule has 1 aliphatic rings. The van der Waals surface area contributed by atoms with Gasteiger partial charge in [-0.3, -0.25) is 14.3 Å². The standard InChI is InChI=1S/C24H30N6O3/c1-29-15-25-14-20(29)18-10-9-17(13-21(18)33-3)27-24(32)22(16-7-5-4-6-8-16)28-23(31)19-11-12-26-30(19)2/h9-16,22H,4-8H2,1-3H3,(H,27,32)(H,28,31). The summed E-state index contributed by atoms with van der Waals surface area (Å²) in [5, 5.41) is 10.0. The van der Waals surface area contributed by atoms with Crippen LogP contribution in [-0.2, 0) is 18.9 Å². The van der Waals surface area contributed by atoms with Crippen LogP contribution in [0.4, 0.5) is 5.69 Å². The van der Waals surface area contributed by atoms with Crippen LogP contribution in [0, 0.1) is 5.92 Å². The SMILES string of the molecule is COc1cc(NC(=O)C(NC(=O)c2ccnn2C)C2CCCCC2)ccc1-c1cncn1C. The fourth-order valence-electron chi connectivity index (χ4n) is 4.49. The quantitative estimate of drug-likeness (QED) is 0.576. The minimum Gasteiger partial charge on any atom is -0.496 e. The number of hydrogen-bond donors (Lipinski definition) is 2. The number of aryl methyl sites for hydroxylation is 2. The van der Waals surface area contributed by atoms with Crippen LogP contribution in [0.3, 0.4) is 0 Å². The lowest BCUT2D eigenvalue weighted by molar-refractivity contribution is -0.119. The number of hydrogen-bond acceptors (Lipinski definition) is 5. The lowest BCUT2D eigenvalue weighted by Crippen LogP contribution is -2.49. The molecule has 1 aliphatic carbocycles. The molecule has 2 N–H and O–H groups in total. The van der Waals surface area contributed by atoms with Crippen LogP contribution in [0.2, 0.25) is 0 Å². The van der Waals surface area contributed by atoms with Gasteiger partial charge >= 0.3 is 0 Å². The molecule has 2 heterocycles. The Morgan fingerprint density at radius 1 is 1.15 bits per heavy atom. The van der Waals surface area contributed by atoms with E-state index in [9.17, 15) is 9.59 Å². The van der Waals surface area contributed by atoms with Crippen LogP contribution >= 0.6 is 0 Å². The van der Waals surface area contributed by atoms with Gasteiger partial charge in [-0.1, -0.05) is 19.3 Å². The molecule has 1 aromatic carbocycles. The summed E-state index contributed by atoms with van der Waals surface area (Å²) in [4.78, 5) is 30.4. The Hall–Kier alpha value is -3.62. The van der Waals surface area contributed by atoms with E-state index in [0.29, 0.717) is 17.1 Å². The number of imidazole rings is 1. The molecule has 9 heteroatoms. The Kier molecular flexibility index (Phi) is 6.76. The van der Waals surface area contributed by atoms with Crippen molar-refractivity contribution in [2.45, 2.75) is 38.1 Å². The topological polar surface area (TPSA) is 103 Å². The first-order chi connectivity index (χ1) is 16.0. The van der Waals surface area contributed by atoms with Crippen LogP contribution < -0.4 is 15.4 Å². The van der Waals surface area contributed by atoms with E-state index >= 15 is 0 Å². The zero-order chi connectivity index (χ0) is 23.4. The summed E-state index contributed by atoms with van der Waals surface area (Å²) in [7, 11) is 5.22. The Morgan fingerprint density at radius 3 is 2.58 bits per heavy atom. The average Bonchev–Trinajstić information content (AvgIpc) is 3.45. The van der Waals surface area contributed by atoms with Gasteiger partial charge in [0.15, 0.2) is 0 Å². The number of anilines is 1. The van der Waals surface area contributed by atoms with Crippen molar-refractivity contribution in [2.75, 3.05) is 12.4 Å². The molecule has 2 aromatic heterocycles. The lowest BCUT2D eigenvalue weighted by Gasteiger charge is -2.30. The van der Waals surface area contributed by atoms with E-state index in [-0.39, 0.29) is 17.7 Å². The molecule has 1 atom stereocenters. The highest BCUT2D eigenvalue weighted by atomic mass is 16.5. The van der Waals surface area contributed by atoms with Gasteiger partial charge in [0.2, 0.25) is 5.91 Å². The molecule has 0 spiro atoms. The first-order valence-corrected chi connectivity index (χ1v) is 11.2. The summed E-state index contributed by atoms with van der Waals surface area (Å²) < 4.78 is 8.99. The fraction of sp³-hybridized carbons (Fsp3) is 0.417. The van der Waals surface area contributed by atoms with Crippen molar-refractivity contribution >= 4 is 17.5 Å². The second-order valence-electron chi connectivity index (χ2n) is 8.48. The molecule has 1 unspecified atom stereocenters. The summed E-state index contributed by atoms with van der Waals surface area (Å²) in [6, 6.07) is 6.54. The lowest BCUT2D eigenvalue weighted by atomic mass is 9.83. The summed E-state index contributed by atoms with van der Waals surface area (Å²) in [5.41, 5.74) is 2.82. The van der Waals surface area contributed by atoms with Gasteiger partial charge in [0.1, 0.15) is 17.5 Å². The molecule has 1 fully saturated rings. The monoisotopic (exact) mass is 450 g/mol. The maximum atomic E-state index is 13.4. The molecular formula is C24H30N6O3. The molecule has 3 aromatic rings. The number of rotatable bonds is 7. The van der Waals surface area contributed by atoms with Gasteiger partial charge < -0.3 is 19.9 Å². The zero-order valence-electron chi connectivity index (χ0n) is 19.2. The molecule has 0 aliphatic heterocycles. The minimum absolute atomic E-state index is 0.0894. The normalized spacial score (nSPS) is 15.1. The van der Waals surface area contributed by atoms with Gasteiger partial charge in [0.05, 0.1) is 25.3 Å². The van der Waals surface area contributed by atoms with E-state index < -0.39 is 6.04 Å². The van der Waals surface area contributed by atoms with Crippen LogP contribution in [0.25, 0.3) is 11.3 Å². The molecule has 33 heavy (non-hydrogen) atoms. The van der Waals surface area contributed by atoms with E-state index in [4.69, 9.17) is 4.74 Å². The molecule has 0 saturated heterocycles. The highest BCUT2D eigenvalue weighted by Gasteiger charge is 2.32. The van der Waals surface area contributed by atoms with Gasteiger partial charge in [0.25, 0.3) is 5.91 Å². The predicted molar refractivity (Wildman–Crippen MR) is 125 cm³/mol. The highest BCUT2D eigenvalue weighted by Crippen LogP contribution is 2.33. The van der Waals surface area contributed by atoms with Gasteiger partial charge in [-0.2, -0.15) is 5.10 Å². The number of ether oxygens (including phenoxy) is 1. The van der Waals surface area contributed by atoms with Gasteiger partial charge in [-0.15, -0.1) is 0 Å². The van der Waals surface area contributed by atoms with Crippen molar-refractivity contribution in [1.82, 2.24) is 24.6 Å². The number of carbonyl (C=O) groups excluding carboxylic acids is 2. The molecular weight excluding hydrogens is 420 g/mol. The first kappa shape index (κ1) is 22.6. The van der Waals surface area contributed by atoms with Gasteiger partial charge in [-0.05, 0) is 37.0 Å². The van der Waals surface area contributed by atoms with Gasteiger partial charge in [-0.25, -0.2) is 4.98 Å².